The van der Waals surface area contributed by atoms with Crippen LogP contribution in [0.2, 0.25) is 0 Å². The molecule has 0 aromatic carbocycles. The normalized spacial score (nSPS) is 21.0. The van der Waals surface area contributed by atoms with Gasteiger partial charge in [-0.2, -0.15) is 4.98 Å². The van der Waals surface area contributed by atoms with Gasteiger partial charge in [0.15, 0.2) is 0 Å². The predicted molar refractivity (Wildman–Crippen MR) is 83.7 cm³/mol. The van der Waals surface area contributed by atoms with E-state index < -0.39 is 6.10 Å². The quantitative estimate of drug-likeness (QED) is 0.696. The van der Waals surface area contributed by atoms with Crippen molar-refractivity contribution in [2.75, 3.05) is 6.54 Å². The van der Waals surface area contributed by atoms with Gasteiger partial charge in [0, 0.05) is 18.9 Å². The molecule has 3 aromatic rings. The second kappa shape index (κ2) is 6.71. The van der Waals surface area contributed by atoms with Crippen LogP contribution >= 0.6 is 0 Å². The summed E-state index contributed by atoms with van der Waals surface area (Å²) in [6, 6.07) is 3.33. The van der Waals surface area contributed by atoms with E-state index >= 15 is 0 Å². The van der Waals surface area contributed by atoms with Crippen LogP contribution in [0.25, 0.3) is 11.5 Å². The first kappa shape index (κ1) is 15.9. The van der Waals surface area contributed by atoms with Crippen LogP contribution in [0.3, 0.4) is 0 Å². The Balaban J connectivity index is 1.54. The number of aliphatic hydroxyl groups is 2. The third-order valence-electron chi connectivity index (χ3n) is 4.13. The zero-order valence-electron chi connectivity index (χ0n) is 13.3. The minimum absolute atomic E-state index is 0.142. The summed E-state index contributed by atoms with van der Waals surface area (Å²) in [6.07, 6.45) is 4.71. The molecule has 0 radical (unpaired) electrons. The Labute approximate surface area is 142 Å². The highest BCUT2D eigenvalue weighted by molar-refractivity contribution is 5.45. The molecule has 25 heavy (non-hydrogen) atoms. The molecular formula is C16H17N5O4. The number of aromatic nitrogens is 4. The second-order valence-corrected chi connectivity index (χ2v) is 5.91. The number of rotatable bonds is 5. The SMILES string of the molecule is OCc1ccc(CN2CC(O)CC2c2nc(-c3cnccn3)no2)o1. The Morgan fingerprint density at radius 1 is 1.24 bits per heavy atom. The lowest BCUT2D eigenvalue weighted by atomic mass is 10.2. The zero-order chi connectivity index (χ0) is 17.2. The number of furan rings is 1. The molecule has 0 aliphatic carbocycles. The number of nitrogens with zero attached hydrogens (tertiary/aromatic N) is 5. The van der Waals surface area contributed by atoms with Gasteiger partial charge in [-0.3, -0.25) is 9.88 Å². The van der Waals surface area contributed by atoms with Crippen molar-refractivity contribution in [1.82, 2.24) is 25.0 Å². The average molecular weight is 343 g/mol. The van der Waals surface area contributed by atoms with Crippen molar-refractivity contribution >= 4 is 0 Å². The predicted octanol–water partition coefficient (Wildman–Crippen LogP) is 0.920. The fourth-order valence-electron chi connectivity index (χ4n) is 2.99. The molecule has 2 N–H and O–H groups in total. The minimum atomic E-state index is -0.482. The largest absolute Gasteiger partial charge is 0.462 e. The molecular weight excluding hydrogens is 326 g/mol. The van der Waals surface area contributed by atoms with Crippen LogP contribution in [0.1, 0.15) is 29.9 Å². The van der Waals surface area contributed by atoms with Gasteiger partial charge in [-0.25, -0.2) is 4.98 Å². The van der Waals surface area contributed by atoms with Crippen molar-refractivity contribution in [3.63, 3.8) is 0 Å². The lowest BCUT2D eigenvalue weighted by Gasteiger charge is -2.19. The van der Waals surface area contributed by atoms with Gasteiger partial charge in [0.2, 0.25) is 11.7 Å². The molecule has 1 aliphatic rings. The summed E-state index contributed by atoms with van der Waals surface area (Å²) in [5, 5.41) is 23.1. The van der Waals surface area contributed by atoms with E-state index in [1.165, 1.54) is 0 Å². The average Bonchev–Trinajstić information content (AvgIpc) is 3.36. The van der Waals surface area contributed by atoms with E-state index in [1.54, 1.807) is 24.7 Å². The first-order chi connectivity index (χ1) is 12.2. The lowest BCUT2D eigenvalue weighted by Crippen LogP contribution is -2.24. The summed E-state index contributed by atoms with van der Waals surface area (Å²) in [4.78, 5) is 14.6. The molecule has 3 aromatic heterocycles. The molecule has 1 fully saturated rings. The smallest absolute Gasteiger partial charge is 0.244 e. The molecule has 0 saturated carbocycles. The van der Waals surface area contributed by atoms with Crippen molar-refractivity contribution in [2.24, 2.45) is 0 Å². The van der Waals surface area contributed by atoms with E-state index in [9.17, 15) is 5.11 Å². The first-order valence-electron chi connectivity index (χ1n) is 7.93. The Bertz CT molecular complexity index is 834. The van der Waals surface area contributed by atoms with Crippen LogP contribution in [0.5, 0.6) is 0 Å². The number of hydrogen-bond donors (Lipinski definition) is 2. The Morgan fingerprint density at radius 2 is 2.12 bits per heavy atom. The van der Waals surface area contributed by atoms with Crippen molar-refractivity contribution in [2.45, 2.75) is 31.7 Å². The molecule has 0 spiro atoms. The maximum absolute atomic E-state index is 10.1. The van der Waals surface area contributed by atoms with Gasteiger partial charge < -0.3 is 19.2 Å². The molecule has 130 valence electrons. The fourth-order valence-corrected chi connectivity index (χ4v) is 2.99. The lowest BCUT2D eigenvalue weighted by molar-refractivity contribution is 0.160. The Kier molecular flexibility index (Phi) is 4.26. The van der Waals surface area contributed by atoms with E-state index in [0.29, 0.717) is 48.4 Å². The molecule has 4 rings (SSSR count). The number of hydrogen-bond acceptors (Lipinski definition) is 9. The summed E-state index contributed by atoms with van der Waals surface area (Å²) < 4.78 is 10.9. The van der Waals surface area contributed by atoms with Crippen LogP contribution in [0, 0.1) is 0 Å². The molecule has 9 nitrogen and oxygen atoms in total. The minimum Gasteiger partial charge on any atom is -0.462 e. The van der Waals surface area contributed by atoms with Gasteiger partial charge in [-0.05, 0) is 18.6 Å². The summed E-state index contributed by atoms with van der Waals surface area (Å²) in [6.45, 7) is 0.810. The van der Waals surface area contributed by atoms with E-state index in [4.69, 9.17) is 14.0 Å². The summed E-state index contributed by atoms with van der Waals surface area (Å²) in [7, 11) is 0. The maximum Gasteiger partial charge on any atom is 0.244 e. The Morgan fingerprint density at radius 3 is 2.88 bits per heavy atom. The highest BCUT2D eigenvalue weighted by Gasteiger charge is 2.36. The molecule has 9 heteroatoms. The van der Waals surface area contributed by atoms with E-state index in [1.807, 2.05) is 11.0 Å². The van der Waals surface area contributed by atoms with Crippen LogP contribution < -0.4 is 0 Å². The standard InChI is InChI=1S/C16H17N5O4/c22-9-12-2-1-11(24-12)8-21-7-10(23)5-14(21)16-19-15(20-25-16)13-6-17-3-4-18-13/h1-4,6,10,14,22-23H,5,7-9H2. The van der Waals surface area contributed by atoms with Gasteiger partial charge in [0.05, 0.1) is 24.9 Å². The monoisotopic (exact) mass is 343 g/mol. The van der Waals surface area contributed by atoms with Crippen molar-refractivity contribution in [3.05, 3.63) is 48.1 Å². The molecule has 1 saturated heterocycles. The molecule has 2 atom stereocenters. The summed E-state index contributed by atoms with van der Waals surface area (Å²) in [5.74, 6) is 2.00. The van der Waals surface area contributed by atoms with Crippen molar-refractivity contribution in [1.29, 1.82) is 0 Å². The van der Waals surface area contributed by atoms with Crippen molar-refractivity contribution in [3.8, 4) is 11.5 Å². The number of β-amino-alcohol motifs (C(OH)–C–C–N with tert-alkyl or cyclic N) is 1. The van der Waals surface area contributed by atoms with E-state index in [2.05, 4.69) is 20.1 Å². The number of likely N-dealkylation sites (tertiary alicyclic amines) is 1. The third-order valence-corrected chi connectivity index (χ3v) is 4.13. The molecule has 0 amide bonds. The van der Waals surface area contributed by atoms with Gasteiger partial charge in [-0.15, -0.1) is 0 Å². The second-order valence-electron chi connectivity index (χ2n) is 5.91. The molecule has 0 bridgehead atoms. The zero-order valence-corrected chi connectivity index (χ0v) is 13.3. The van der Waals surface area contributed by atoms with Crippen LogP contribution in [-0.2, 0) is 13.2 Å². The van der Waals surface area contributed by atoms with Gasteiger partial charge in [0.25, 0.3) is 0 Å². The highest BCUT2D eigenvalue weighted by atomic mass is 16.5. The van der Waals surface area contributed by atoms with Crippen LogP contribution in [0.15, 0.2) is 39.7 Å². The highest BCUT2D eigenvalue weighted by Crippen LogP contribution is 2.33. The molecule has 1 aliphatic heterocycles. The summed E-state index contributed by atoms with van der Waals surface area (Å²) >= 11 is 0. The molecule has 2 unspecified atom stereocenters. The van der Waals surface area contributed by atoms with E-state index in [-0.39, 0.29) is 12.6 Å². The summed E-state index contributed by atoms with van der Waals surface area (Å²) in [5.41, 5.74) is 0.529. The van der Waals surface area contributed by atoms with Gasteiger partial charge in [0.1, 0.15) is 23.8 Å². The van der Waals surface area contributed by atoms with Crippen LogP contribution in [-0.4, -0.2) is 47.9 Å². The fraction of sp³-hybridized carbons (Fsp3) is 0.375. The topological polar surface area (TPSA) is 122 Å². The first-order valence-corrected chi connectivity index (χ1v) is 7.93. The van der Waals surface area contributed by atoms with Gasteiger partial charge >= 0.3 is 0 Å². The Hall–Kier alpha value is -2.62. The van der Waals surface area contributed by atoms with E-state index in [0.717, 1.165) is 0 Å². The third kappa shape index (κ3) is 3.29. The number of aliphatic hydroxyl groups excluding tert-OH is 2. The maximum atomic E-state index is 10.1. The van der Waals surface area contributed by atoms with Crippen molar-refractivity contribution < 1.29 is 19.2 Å². The molecule has 4 heterocycles. The van der Waals surface area contributed by atoms with Gasteiger partial charge in [-0.1, -0.05) is 5.16 Å². The van der Waals surface area contributed by atoms with Crippen LogP contribution in [0.4, 0.5) is 0 Å².